The van der Waals surface area contributed by atoms with Gasteiger partial charge < -0.3 is 25.0 Å². The quantitative estimate of drug-likeness (QED) is 0.480. The Balaban J connectivity index is 1.92. The Morgan fingerprint density at radius 3 is 1.76 bits per heavy atom. The number of nitrogens with zero attached hydrogens (tertiary/aromatic N) is 1. The largest absolute Gasteiger partial charge is 0.492 e. The van der Waals surface area contributed by atoms with Crippen LogP contribution in [0.5, 0.6) is 11.5 Å². The first-order valence-corrected chi connectivity index (χ1v) is 10.8. The second kappa shape index (κ2) is 11.0. The number of rotatable bonds is 9. The van der Waals surface area contributed by atoms with Crippen LogP contribution in [-0.2, 0) is 0 Å². The molecule has 2 N–H and O–H groups in total. The summed E-state index contributed by atoms with van der Waals surface area (Å²) >= 11 is 0. The zero-order chi connectivity index (χ0) is 23.8. The van der Waals surface area contributed by atoms with Crippen molar-refractivity contribution in [3.63, 3.8) is 0 Å². The molecule has 0 saturated carbocycles. The summed E-state index contributed by atoms with van der Waals surface area (Å²) < 4.78 is 11.5. The summed E-state index contributed by atoms with van der Waals surface area (Å²) in [7, 11) is 3.84. The van der Waals surface area contributed by atoms with Crippen molar-refractivity contribution >= 4 is 28.9 Å². The van der Waals surface area contributed by atoms with Crippen molar-refractivity contribution in [3.05, 3.63) is 77.9 Å². The molecule has 7 nitrogen and oxygen atoms in total. The maximum Gasteiger partial charge on any atom is 0.255 e. The summed E-state index contributed by atoms with van der Waals surface area (Å²) in [5.74, 6) is 0.323. The lowest BCUT2D eigenvalue weighted by Gasteiger charge is -2.18. The molecule has 3 rings (SSSR count). The molecule has 2 amide bonds. The monoisotopic (exact) mass is 447 g/mol. The predicted molar refractivity (Wildman–Crippen MR) is 132 cm³/mol. The summed E-state index contributed by atoms with van der Waals surface area (Å²) in [4.78, 5) is 27.6. The van der Waals surface area contributed by atoms with Crippen LogP contribution in [-0.4, -0.2) is 39.1 Å². The fraction of sp³-hybridized carbons (Fsp3) is 0.231. The molecule has 0 atom stereocenters. The summed E-state index contributed by atoms with van der Waals surface area (Å²) in [6.45, 7) is 4.48. The molecule has 0 aliphatic carbocycles. The Labute approximate surface area is 194 Å². The number of nitrogens with one attached hydrogen (secondary N) is 2. The molecule has 0 heterocycles. The molecule has 0 aromatic heterocycles. The van der Waals surface area contributed by atoms with Crippen molar-refractivity contribution in [2.75, 3.05) is 42.8 Å². The molecular weight excluding hydrogens is 418 g/mol. The number of hydrogen-bond acceptors (Lipinski definition) is 5. The van der Waals surface area contributed by atoms with Crippen LogP contribution in [0.3, 0.4) is 0 Å². The van der Waals surface area contributed by atoms with Gasteiger partial charge in [0.05, 0.1) is 24.6 Å². The molecule has 0 aliphatic rings. The van der Waals surface area contributed by atoms with Crippen molar-refractivity contribution in [1.29, 1.82) is 0 Å². The highest BCUT2D eigenvalue weighted by atomic mass is 16.5. The van der Waals surface area contributed by atoms with Gasteiger partial charge in [0.2, 0.25) is 0 Å². The standard InChI is InChI=1S/C26H29N3O4/c1-5-32-23-17-22(28-26(31)19-13-10-14-20(15-19)29(3)4)24(33-6-2)16-21(23)27-25(30)18-11-8-7-9-12-18/h7-17H,5-6H2,1-4H3,(H,27,30)(H,28,31). The Kier molecular flexibility index (Phi) is 7.91. The Bertz CT molecular complexity index is 1110. The average molecular weight is 448 g/mol. The number of anilines is 3. The van der Waals surface area contributed by atoms with Crippen molar-refractivity contribution in [2.45, 2.75) is 13.8 Å². The molecule has 0 saturated heterocycles. The average Bonchev–Trinajstić information content (AvgIpc) is 2.82. The van der Waals surface area contributed by atoms with Crippen LogP contribution < -0.4 is 25.0 Å². The molecular formula is C26H29N3O4. The second-order valence-corrected chi connectivity index (χ2v) is 7.43. The molecule has 0 spiro atoms. The Hall–Kier alpha value is -4.00. The Morgan fingerprint density at radius 2 is 1.24 bits per heavy atom. The van der Waals surface area contributed by atoms with Crippen molar-refractivity contribution in [1.82, 2.24) is 0 Å². The van der Waals surface area contributed by atoms with E-state index in [4.69, 9.17) is 9.47 Å². The number of carbonyl (C=O) groups excluding carboxylic acids is 2. The van der Waals surface area contributed by atoms with Crippen molar-refractivity contribution in [3.8, 4) is 11.5 Å². The molecule has 3 aromatic carbocycles. The van der Waals surface area contributed by atoms with Crippen LogP contribution in [0.25, 0.3) is 0 Å². The van der Waals surface area contributed by atoms with E-state index in [0.717, 1.165) is 5.69 Å². The fourth-order valence-electron chi connectivity index (χ4n) is 3.21. The molecule has 172 valence electrons. The van der Waals surface area contributed by atoms with Gasteiger partial charge in [-0.25, -0.2) is 0 Å². The van der Waals surface area contributed by atoms with Crippen molar-refractivity contribution in [2.24, 2.45) is 0 Å². The second-order valence-electron chi connectivity index (χ2n) is 7.43. The molecule has 0 unspecified atom stereocenters. The molecule has 33 heavy (non-hydrogen) atoms. The van der Waals surface area contributed by atoms with E-state index in [1.54, 1.807) is 42.5 Å². The highest BCUT2D eigenvalue weighted by Gasteiger charge is 2.18. The van der Waals surface area contributed by atoms with Crippen LogP contribution >= 0.6 is 0 Å². The molecule has 7 heteroatoms. The number of hydrogen-bond donors (Lipinski definition) is 2. The minimum atomic E-state index is -0.275. The molecule has 0 fully saturated rings. The highest BCUT2D eigenvalue weighted by molar-refractivity contribution is 6.07. The number of benzene rings is 3. The van der Waals surface area contributed by atoms with Crippen LogP contribution in [0.15, 0.2) is 66.7 Å². The van der Waals surface area contributed by atoms with Gasteiger partial charge in [-0.2, -0.15) is 0 Å². The van der Waals surface area contributed by atoms with Crippen LogP contribution in [0.2, 0.25) is 0 Å². The lowest BCUT2D eigenvalue weighted by molar-refractivity contribution is 0.101. The smallest absolute Gasteiger partial charge is 0.255 e. The van der Waals surface area contributed by atoms with Gasteiger partial charge in [0.15, 0.2) is 0 Å². The van der Waals surface area contributed by atoms with E-state index in [0.29, 0.717) is 47.2 Å². The van der Waals surface area contributed by atoms with Crippen LogP contribution in [0.4, 0.5) is 17.1 Å². The SMILES string of the molecule is CCOc1cc(NC(=O)c2cccc(N(C)C)c2)c(OCC)cc1NC(=O)c1ccccc1. The van der Waals surface area contributed by atoms with Gasteiger partial charge in [0.25, 0.3) is 11.8 Å². The number of amides is 2. The van der Waals surface area contributed by atoms with Gasteiger partial charge in [0.1, 0.15) is 11.5 Å². The third-order valence-electron chi connectivity index (χ3n) is 4.84. The zero-order valence-electron chi connectivity index (χ0n) is 19.3. The summed E-state index contributed by atoms with van der Waals surface area (Å²) in [6.07, 6.45) is 0. The van der Waals surface area contributed by atoms with Crippen LogP contribution in [0, 0.1) is 0 Å². The van der Waals surface area contributed by atoms with Gasteiger partial charge >= 0.3 is 0 Å². The van der Waals surface area contributed by atoms with E-state index in [1.807, 2.05) is 57.1 Å². The molecule has 0 bridgehead atoms. The summed E-state index contributed by atoms with van der Waals surface area (Å²) in [5, 5.41) is 5.79. The third-order valence-corrected chi connectivity index (χ3v) is 4.84. The predicted octanol–water partition coefficient (Wildman–Crippen LogP) is 5.05. The lowest BCUT2D eigenvalue weighted by Crippen LogP contribution is -2.16. The van der Waals surface area contributed by atoms with E-state index in [-0.39, 0.29) is 11.8 Å². The third kappa shape index (κ3) is 6.04. The van der Waals surface area contributed by atoms with E-state index in [9.17, 15) is 9.59 Å². The number of carbonyl (C=O) groups is 2. The van der Waals surface area contributed by atoms with Gasteiger partial charge in [-0.3, -0.25) is 9.59 Å². The van der Waals surface area contributed by atoms with Gasteiger partial charge in [-0.05, 0) is 44.2 Å². The van der Waals surface area contributed by atoms with Crippen molar-refractivity contribution < 1.29 is 19.1 Å². The van der Waals surface area contributed by atoms with E-state index in [2.05, 4.69) is 10.6 Å². The number of ether oxygens (including phenoxy) is 2. The van der Waals surface area contributed by atoms with E-state index >= 15 is 0 Å². The van der Waals surface area contributed by atoms with Gasteiger partial charge in [0, 0.05) is 43.0 Å². The van der Waals surface area contributed by atoms with E-state index < -0.39 is 0 Å². The molecule has 0 radical (unpaired) electrons. The lowest BCUT2D eigenvalue weighted by atomic mass is 10.1. The first-order chi connectivity index (χ1) is 15.9. The minimum absolute atomic E-state index is 0.267. The van der Waals surface area contributed by atoms with Gasteiger partial charge in [-0.1, -0.05) is 24.3 Å². The highest BCUT2D eigenvalue weighted by Crippen LogP contribution is 2.37. The molecule has 3 aromatic rings. The van der Waals surface area contributed by atoms with Crippen LogP contribution in [0.1, 0.15) is 34.6 Å². The minimum Gasteiger partial charge on any atom is -0.492 e. The summed E-state index contributed by atoms with van der Waals surface area (Å²) in [5.41, 5.74) is 2.88. The first kappa shape index (κ1) is 23.7. The normalized spacial score (nSPS) is 10.3. The maximum atomic E-state index is 13.0. The summed E-state index contributed by atoms with van der Waals surface area (Å²) in [6, 6.07) is 19.6. The first-order valence-electron chi connectivity index (χ1n) is 10.8. The van der Waals surface area contributed by atoms with Gasteiger partial charge in [-0.15, -0.1) is 0 Å². The maximum absolute atomic E-state index is 13.0. The topological polar surface area (TPSA) is 79.9 Å². The fourth-order valence-corrected chi connectivity index (χ4v) is 3.21. The zero-order valence-corrected chi connectivity index (χ0v) is 19.3. The van der Waals surface area contributed by atoms with E-state index in [1.165, 1.54) is 0 Å². The Morgan fingerprint density at radius 1 is 0.727 bits per heavy atom. The molecule has 0 aliphatic heterocycles.